The monoisotopic (exact) mass is 356 g/mol. The largest absolute Gasteiger partial charge is 0.484 e. The lowest BCUT2D eigenvalue weighted by Crippen LogP contribution is -2.54. The third-order valence-electron chi connectivity index (χ3n) is 5.80. The molecule has 0 radical (unpaired) electrons. The number of piperidine rings is 1. The fraction of sp³-hybridized carbons (Fsp3) is 0.550. The van der Waals surface area contributed by atoms with Gasteiger partial charge in [0.05, 0.1) is 0 Å². The van der Waals surface area contributed by atoms with Gasteiger partial charge in [-0.25, -0.2) is 0 Å². The second-order valence-electron chi connectivity index (χ2n) is 7.57. The molecule has 26 heavy (non-hydrogen) atoms. The van der Waals surface area contributed by atoms with Crippen LogP contribution in [0.5, 0.6) is 5.75 Å². The average Bonchev–Trinajstić information content (AvgIpc) is 3.08. The van der Waals surface area contributed by atoms with Gasteiger partial charge in [-0.2, -0.15) is 0 Å². The zero-order valence-corrected chi connectivity index (χ0v) is 15.0. The number of aryl methyl sites for hydroxylation is 1. The van der Waals surface area contributed by atoms with Gasteiger partial charge in [0.15, 0.2) is 6.61 Å². The van der Waals surface area contributed by atoms with Crippen LogP contribution in [0.1, 0.15) is 44.1 Å². The molecule has 4 rings (SSSR count). The molecule has 138 valence electrons. The molecule has 3 fully saturated rings. The van der Waals surface area contributed by atoms with Crippen molar-refractivity contribution in [2.45, 2.75) is 63.6 Å². The second kappa shape index (κ2) is 6.74. The third-order valence-corrected chi connectivity index (χ3v) is 5.80. The van der Waals surface area contributed by atoms with Gasteiger partial charge in [0.1, 0.15) is 5.75 Å². The van der Waals surface area contributed by atoms with Gasteiger partial charge in [-0.1, -0.05) is 12.1 Å². The van der Waals surface area contributed by atoms with Crippen LogP contribution in [-0.4, -0.2) is 52.3 Å². The average molecular weight is 356 g/mol. The van der Waals surface area contributed by atoms with Crippen LogP contribution in [0.3, 0.4) is 0 Å². The van der Waals surface area contributed by atoms with Crippen molar-refractivity contribution in [3.05, 3.63) is 29.8 Å². The van der Waals surface area contributed by atoms with Crippen molar-refractivity contribution in [2.24, 2.45) is 0 Å². The Bertz CT molecular complexity index is 717. The van der Waals surface area contributed by atoms with Crippen molar-refractivity contribution in [1.82, 2.24) is 9.80 Å². The van der Waals surface area contributed by atoms with E-state index in [0.717, 1.165) is 18.4 Å². The summed E-state index contributed by atoms with van der Waals surface area (Å²) in [6.07, 6.45) is 3.94. The summed E-state index contributed by atoms with van der Waals surface area (Å²) in [6.45, 7) is 2.02. The zero-order chi connectivity index (χ0) is 18.3. The smallest absolute Gasteiger partial charge is 0.261 e. The lowest BCUT2D eigenvalue weighted by atomic mass is 9.96. The summed E-state index contributed by atoms with van der Waals surface area (Å²) in [4.78, 5) is 40.2. The Balaban J connectivity index is 1.39. The molecular weight excluding hydrogens is 332 g/mol. The van der Waals surface area contributed by atoms with Gasteiger partial charge in [0, 0.05) is 31.0 Å². The number of rotatable bonds is 4. The molecule has 3 aliphatic rings. The van der Waals surface area contributed by atoms with Crippen LogP contribution in [-0.2, 0) is 14.4 Å². The summed E-state index contributed by atoms with van der Waals surface area (Å²) in [5.41, 5.74) is 1.09. The summed E-state index contributed by atoms with van der Waals surface area (Å²) >= 11 is 0. The van der Waals surface area contributed by atoms with Gasteiger partial charge in [0.25, 0.3) is 5.91 Å². The third kappa shape index (κ3) is 3.08. The Hall–Kier alpha value is -2.37. The number of fused-ring (bicyclic) bond motifs is 2. The molecule has 1 aromatic carbocycles. The molecule has 0 aromatic heterocycles. The van der Waals surface area contributed by atoms with E-state index in [1.54, 1.807) is 0 Å². The van der Waals surface area contributed by atoms with E-state index < -0.39 is 0 Å². The Morgan fingerprint density at radius 2 is 1.73 bits per heavy atom. The van der Waals surface area contributed by atoms with E-state index in [1.807, 2.05) is 36.1 Å². The lowest BCUT2D eigenvalue weighted by molar-refractivity contribution is -0.145. The maximum absolute atomic E-state index is 12.7. The quantitative estimate of drug-likeness (QED) is 0.775. The Labute approximate surface area is 153 Å². The predicted molar refractivity (Wildman–Crippen MR) is 94.4 cm³/mol. The number of likely N-dealkylation sites (tertiary alicyclic amines) is 1. The maximum atomic E-state index is 12.7. The van der Waals surface area contributed by atoms with E-state index in [9.17, 15) is 14.4 Å². The first-order valence-corrected chi connectivity index (χ1v) is 9.38. The second-order valence-corrected chi connectivity index (χ2v) is 7.57. The molecular formula is C20H24N2O4. The summed E-state index contributed by atoms with van der Waals surface area (Å²) in [6, 6.07) is 7.83. The molecule has 0 N–H and O–H groups in total. The minimum atomic E-state index is -0.0537. The molecule has 0 saturated carbocycles. The number of carbonyl (C=O) groups is 3. The zero-order valence-electron chi connectivity index (χ0n) is 15.0. The summed E-state index contributed by atoms with van der Waals surface area (Å²) in [5.74, 6) is 0.592. The number of carbonyl (C=O) groups excluding carboxylic acids is 3. The minimum absolute atomic E-state index is 0.00321. The molecule has 2 unspecified atom stereocenters. The van der Waals surface area contributed by atoms with Gasteiger partial charge in [0.2, 0.25) is 11.8 Å². The summed E-state index contributed by atoms with van der Waals surface area (Å²) in [5, 5.41) is 0. The van der Waals surface area contributed by atoms with Gasteiger partial charge >= 0.3 is 0 Å². The van der Waals surface area contributed by atoms with Crippen LogP contribution in [0.2, 0.25) is 0 Å². The molecule has 6 heteroatoms. The first-order chi connectivity index (χ1) is 12.5. The highest BCUT2D eigenvalue weighted by molar-refractivity contribution is 6.02. The number of benzene rings is 1. The molecule has 3 aliphatic heterocycles. The van der Waals surface area contributed by atoms with Gasteiger partial charge in [-0.05, 0) is 50.3 Å². The SMILES string of the molecule is Cc1cccc(OCC(=O)N2C3CCC2CC(N2C(=O)CCC2=O)C3)c1. The number of imide groups is 1. The van der Waals surface area contributed by atoms with Crippen LogP contribution in [0, 0.1) is 6.92 Å². The minimum Gasteiger partial charge on any atom is -0.484 e. The Morgan fingerprint density at radius 3 is 2.35 bits per heavy atom. The van der Waals surface area contributed by atoms with Crippen molar-refractivity contribution < 1.29 is 19.1 Å². The van der Waals surface area contributed by atoms with Crippen LogP contribution in [0.15, 0.2) is 24.3 Å². The Morgan fingerprint density at radius 1 is 1.08 bits per heavy atom. The molecule has 3 amide bonds. The van der Waals surface area contributed by atoms with Crippen molar-refractivity contribution >= 4 is 17.7 Å². The highest BCUT2D eigenvalue weighted by Crippen LogP contribution is 2.39. The lowest BCUT2D eigenvalue weighted by Gasteiger charge is -2.41. The van der Waals surface area contributed by atoms with Crippen LogP contribution in [0.25, 0.3) is 0 Å². The van der Waals surface area contributed by atoms with E-state index in [1.165, 1.54) is 4.90 Å². The first-order valence-electron chi connectivity index (χ1n) is 9.38. The van der Waals surface area contributed by atoms with E-state index in [2.05, 4.69) is 0 Å². The van der Waals surface area contributed by atoms with Gasteiger partial charge < -0.3 is 9.64 Å². The van der Waals surface area contributed by atoms with Crippen LogP contribution < -0.4 is 4.74 Å². The first kappa shape index (κ1) is 17.1. The number of hydrogen-bond acceptors (Lipinski definition) is 4. The number of amides is 3. The highest BCUT2D eigenvalue weighted by atomic mass is 16.5. The molecule has 0 spiro atoms. The highest BCUT2D eigenvalue weighted by Gasteiger charge is 2.47. The topological polar surface area (TPSA) is 66.9 Å². The molecule has 1 aromatic rings. The number of ether oxygens (including phenoxy) is 1. The van der Waals surface area contributed by atoms with E-state index in [0.29, 0.717) is 31.4 Å². The van der Waals surface area contributed by atoms with E-state index in [4.69, 9.17) is 4.74 Å². The van der Waals surface area contributed by atoms with E-state index in [-0.39, 0.29) is 42.5 Å². The predicted octanol–water partition coefficient (Wildman–Crippen LogP) is 2.04. The molecule has 3 heterocycles. The maximum Gasteiger partial charge on any atom is 0.261 e. The molecule has 2 bridgehead atoms. The molecule has 3 saturated heterocycles. The fourth-order valence-corrected chi connectivity index (χ4v) is 4.69. The van der Waals surface area contributed by atoms with Crippen LogP contribution in [0.4, 0.5) is 0 Å². The standard InChI is InChI=1S/C20H24N2O4/c1-13-3-2-4-17(9-13)26-12-20(25)21-14-5-6-15(21)11-16(10-14)22-18(23)7-8-19(22)24/h2-4,9,14-16H,5-8,10-12H2,1H3. The fourth-order valence-electron chi connectivity index (χ4n) is 4.69. The van der Waals surface area contributed by atoms with Crippen molar-refractivity contribution in [2.75, 3.05) is 6.61 Å². The van der Waals surface area contributed by atoms with Crippen molar-refractivity contribution in [3.63, 3.8) is 0 Å². The summed E-state index contributed by atoms with van der Waals surface area (Å²) in [7, 11) is 0. The van der Waals surface area contributed by atoms with Crippen molar-refractivity contribution in [3.8, 4) is 5.75 Å². The van der Waals surface area contributed by atoms with Gasteiger partial charge in [-0.3, -0.25) is 19.3 Å². The van der Waals surface area contributed by atoms with E-state index >= 15 is 0 Å². The van der Waals surface area contributed by atoms with Crippen LogP contribution >= 0.6 is 0 Å². The van der Waals surface area contributed by atoms with Gasteiger partial charge in [-0.15, -0.1) is 0 Å². The number of hydrogen-bond donors (Lipinski definition) is 0. The molecule has 6 nitrogen and oxygen atoms in total. The molecule has 2 atom stereocenters. The Kier molecular flexibility index (Phi) is 4.42. The molecule has 0 aliphatic carbocycles. The van der Waals surface area contributed by atoms with Crippen molar-refractivity contribution in [1.29, 1.82) is 0 Å². The summed E-state index contributed by atoms with van der Waals surface area (Å²) < 4.78 is 5.68. The number of nitrogens with zero attached hydrogens (tertiary/aromatic N) is 2. The normalized spacial score (nSPS) is 28.0.